The van der Waals surface area contributed by atoms with Crippen LogP contribution in [0.25, 0.3) is 0 Å². The first-order valence-corrected chi connectivity index (χ1v) is 10.0. The smallest absolute Gasteiger partial charge is 0.222 e. The Morgan fingerprint density at radius 1 is 1.25 bits per heavy atom. The van der Waals surface area contributed by atoms with Crippen molar-refractivity contribution in [1.82, 2.24) is 4.90 Å². The van der Waals surface area contributed by atoms with E-state index in [0.717, 1.165) is 6.42 Å². The van der Waals surface area contributed by atoms with E-state index in [-0.39, 0.29) is 31.3 Å². The number of morpholine rings is 1. The molecule has 1 aliphatic heterocycles. The van der Waals surface area contributed by atoms with E-state index in [1.807, 2.05) is 0 Å². The number of carbonyl (C=O) groups is 2. The summed E-state index contributed by atoms with van der Waals surface area (Å²) in [6.45, 7) is 1.16. The van der Waals surface area contributed by atoms with Crippen molar-refractivity contribution in [3.63, 3.8) is 0 Å². The zero-order valence-electron chi connectivity index (χ0n) is 16.2. The van der Waals surface area contributed by atoms with Crippen molar-refractivity contribution in [1.29, 1.82) is 0 Å². The normalized spacial score (nSPS) is 23.0. The Bertz CT molecular complexity index is 675. The molecular weight excluding hydrogens is 363 g/mol. The third kappa shape index (κ3) is 5.67. The third-order valence-electron chi connectivity index (χ3n) is 5.65. The molecule has 1 aliphatic carbocycles. The van der Waals surface area contributed by atoms with Gasteiger partial charge in [0.2, 0.25) is 11.8 Å². The Morgan fingerprint density at radius 2 is 1.96 bits per heavy atom. The molecule has 1 heterocycles. The maximum Gasteiger partial charge on any atom is 0.222 e. The predicted molar refractivity (Wildman–Crippen MR) is 102 cm³/mol. The van der Waals surface area contributed by atoms with Gasteiger partial charge in [-0.1, -0.05) is 25.7 Å². The Balaban J connectivity index is 1.60. The van der Waals surface area contributed by atoms with Gasteiger partial charge in [-0.05, 0) is 36.6 Å². The Labute approximate surface area is 165 Å². The van der Waals surface area contributed by atoms with Crippen molar-refractivity contribution < 1.29 is 23.5 Å². The van der Waals surface area contributed by atoms with Crippen LogP contribution < -0.4 is 10.5 Å². The molecule has 3 rings (SSSR count). The van der Waals surface area contributed by atoms with Gasteiger partial charge in [0.1, 0.15) is 23.8 Å². The van der Waals surface area contributed by atoms with Crippen LogP contribution in [0.4, 0.5) is 4.39 Å². The van der Waals surface area contributed by atoms with Gasteiger partial charge < -0.3 is 20.1 Å². The van der Waals surface area contributed by atoms with Crippen LogP contribution in [0, 0.1) is 11.7 Å². The number of primary amides is 1. The molecule has 1 unspecified atom stereocenters. The van der Waals surface area contributed by atoms with Crippen LogP contribution in [0.3, 0.4) is 0 Å². The molecule has 2 aliphatic rings. The maximum atomic E-state index is 13.1. The zero-order valence-corrected chi connectivity index (χ0v) is 16.2. The first-order chi connectivity index (χ1) is 13.5. The van der Waals surface area contributed by atoms with Crippen molar-refractivity contribution in [2.75, 3.05) is 26.3 Å². The minimum atomic E-state index is -0.985. The summed E-state index contributed by atoms with van der Waals surface area (Å²) in [6, 6.07) is 5.63. The Morgan fingerprint density at radius 3 is 2.64 bits per heavy atom. The van der Waals surface area contributed by atoms with E-state index in [1.54, 1.807) is 4.90 Å². The van der Waals surface area contributed by atoms with Crippen molar-refractivity contribution in [3.05, 3.63) is 30.1 Å². The van der Waals surface area contributed by atoms with Gasteiger partial charge in [-0.15, -0.1) is 0 Å². The topological polar surface area (TPSA) is 81.9 Å². The monoisotopic (exact) mass is 392 g/mol. The quantitative estimate of drug-likeness (QED) is 0.737. The highest BCUT2D eigenvalue weighted by atomic mass is 19.1. The van der Waals surface area contributed by atoms with Gasteiger partial charge in [0.05, 0.1) is 19.6 Å². The summed E-state index contributed by atoms with van der Waals surface area (Å²) in [5.74, 6) is 0.349. The van der Waals surface area contributed by atoms with Crippen LogP contribution in [0.2, 0.25) is 0 Å². The number of ether oxygens (including phenoxy) is 2. The second-order valence-electron chi connectivity index (χ2n) is 7.92. The van der Waals surface area contributed by atoms with Crippen LogP contribution in [0.15, 0.2) is 24.3 Å². The fraction of sp³-hybridized carbons (Fsp3) is 0.619. The summed E-state index contributed by atoms with van der Waals surface area (Å²) >= 11 is 0. The molecule has 2 fully saturated rings. The summed E-state index contributed by atoms with van der Waals surface area (Å²) in [5, 5.41) is 0. The van der Waals surface area contributed by atoms with Crippen molar-refractivity contribution in [2.45, 2.75) is 50.5 Å². The molecule has 2 N–H and O–H groups in total. The number of halogens is 1. The van der Waals surface area contributed by atoms with Crippen LogP contribution in [-0.4, -0.2) is 48.6 Å². The molecule has 1 saturated carbocycles. The average molecular weight is 392 g/mol. The van der Waals surface area contributed by atoms with Crippen LogP contribution in [0.1, 0.15) is 44.9 Å². The summed E-state index contributed by atoms with van der Waals surface area (Å²) < 4.78 is 24.7. The molecule has 1 aromatic carbocycles. The third-order valence-corrected chi connectivity index (χ3v) is 5.65. The predicted octanol–water partition coefficient (Wildman–Crippen LogP) is 2.65. The molecule has 0 aromatic heterocycles. The largest absolute Gasteiger partial charge is 0.490 e. The van der Waals surface area contributed by atoms with Gasteiger partial charge in [0, 0.05) is 13.0 Å². The SMILES string of the molecule is NC(=O)CC1(COc2ccc(F)cc2)CN(C(=O)CCC2CCCC2)CCO1. The van der Waals surface area contributed by atoms with Gasteiger partial charge in [-0.3, -0.25) is 9.59 Å². The molecule has 154 valence electrons. The highest BCUT2D eigenvalue weighted by molar-refractivity contribution is 5.77. The number of nitrogens with zero attached hydrogens (tertiary/aromatic N) is 1. The summed E-state index contributed by atoms with van der Waals surface area (Å²) in [4.78, 5) is 26.1. The minimum absolute atomic E-state index is 0.0411. The number of nitrogens with two attached hydrogens (primary N) is 1. The molecule has 28 heavy (non-hydrogen) atoms. The van der Waals surface area contributed by atoms with Gasteiger partial charge >= 0.3 is 0 Å². The number of amides is 2. The van der Waals surface area contributed by atoms with Gasteiger partial charge in [-0.2, -0.15) is 0 Å². The highest BCUT2D eigenvalue weighted by Crippen LogP contribution is 2.30. The molecule has 1 atom stereocenters. The van der Waals surface area contributed by atoms with E-state index in [0.29, 0.717) is 31.2 Å². The zero-order chi connectivity index (χ0) is 20.0. The fourth-order valence-corrected chi connectivity index (χ4v) is 4.15. The lowest BCUT2D eigenvalue weighted by Gasteiger charge is -2.42. The first-order valence-electron chi connectivity index (χ1n) is 10.0. The standard InChI is InChI=1S/C21H29FN2O4/c22-17-6-8-18(9-7-17)27-15-21(13-19(23)25)14-24(11-12-28-21)20(26)10-5-16-3-1-2-4-16/h6-9,16H,1-5,10-15H2,(H2,23,25). The van der Waals surface area contributed by atoms with E-state index in [9.17, 15) is 14.0 Å². The molecule has 0 bridgehead atoms. The van der Waals surface area contributed by atoms with Gasteiger partial charge in [0.15, 0.2) is 0 Å². The van der Waals surface area contributed by atoms with Crippen LogP contribution >= 0.6 is 0 Å². The molecule has 0 spiro atoms. The van der Waals surface area contributed by atoms with Crippen molar-refractivity contribution >= 4 is 11.8 Å². The molecule has 0 radical (unpaired) electrons. The van der Waals surface area contributed by atoms with E-state index in [4.69, 9.17) is 15.2 Å². The number of hydrogen-bond donors (Lipinski definition) is 1. The van der Waals surface area contributed by atoms with Crippen molar-refractivity contribution in [3.8, 4) is 5.75 Å². The number of carbonyl (C=O) groups excluding carboxylic acids is 2. The molecule has 7 heteroatoms. The Kier molecular flexibility index (Phi) is 6.88. The van der Waals surface area contributed by atoms with E-state index in [1.165, 1.54) is 49.9 Å². The average Bonchev–Trinajstić information content (AvgIpc) is 3.19. The van der Waals surface area contributed by atoms with Crippen LogP contribution in [-0.2, 0) is 14.3 Å². The summed E-state index contributed by atoms with van der Waals surface area (Å²) in [5.41, 5.74) is 4.45. The fourth-order valence-electron chi connectivity index (χ4n) is 4.15. The Hall–Kier alpha value is -2.15. The second kappa shape index (κ2) is 9.37. The van der Waals surface area contributed by atoms with E-state index in [2.05, 4.69) is 0 Å². The first kappa shape index (κ1) is 20.6. The number of hydrogen-bond acceptors (Lipinski definition) is 4. The summed E-state index contributed by atoms with van der Waals surface area (Å²) in [6.07, 6.45) is 6.36. The van der Waals surface area contributed by atoms with Crippen molar-refractivity contribution in [2.24, 2.45) is 11.7 Å². The second-order valence-corrected chi connectivity index (χ2v) is 7.92. The lowest BCUT2D eigenvalue weighted by molar-refractivity contribution is -0.162. The molecule has 1 saturated heterocycles. The molecule has 1 aromatic rings. The van der Waals surface area contributed by atoms with E-state index < -0.39 is 11.5 Å². The van der Waals surface area contributed by atoms with Gasteiger partial charge in [0.25, 0.3) is 0 Å². The maximum absolute atomic E-state index is 13.1. The lowest BCUT2D eigenvalue weighted by Crippen LogP contribution is -2.58. The van der Waals surface area contributed by atoms with Gasteiger partial charge in [-0.25, -0.2) is 4.39 Å². The number of benzene rings is 1. The summed E-state index contributed by atoms with van der Waals surface area (Å²) in [7, 11) is 0. The molecule has 2 amide bonds. The minimum Gasteiger partial charge on any atom is -0.490 e. The number of rotatable bonds is 8. The molecular formula is C21H29FN2O4. The highest BCUT2D eigenvalue weighted by Gasteiger charge is 2.40. The molecule has 6 nitrogen and oxygen atoms in total. The van der Waals surface area contributed by atoms with Crippen LogP contribution in [0.5, 0.6) is 5.75 Å². The van der Waals surface area contributed by atoms with E-state index >= 15 is 0 Å². The lowest BCUT2D eigenvalue weighted by atomic mass is 9.96.